The minimum atomic E-state index is -5.17. The Morgan fingerprint density at radius 1 is 1.33 bits per heavy atom. The monoisotopic (exact) mass is 395 g/mol. The van der Waals surface area contributed by atoms with Gasteiger partial charge >= 0.3 is 0 Å². The van der Waals surface area contributed by atoms with Gasteiger partial charge in [0.1, 0.15) is 0 Å². The van der Waals surface area contributed by atoms with Gasteiger partial charge in [-0.2, -0.15) is 0 Å². The molecule has 4 atom stereocenters. The van der Waals surface area contributed by atoms with E-state index in [1.165, 1.54) is 11.1 Å². The van der Waals surface area contributed by atoms with E-state index < -0.39 is 10.4 Å². The topological polar surface area (TPSA) is 119 Å². The van der Waals surface area contributed by atoms with Gasteiger partial charge in [-0.1, -0.05) is 6.07 Å². The maximum Gasteiger partial charge on any atom is 0.174 e. The van der Waals surface area contributed by atoms with Crippen LogP contribution < -0.4 is 9.47 Å². The number of piperidine rings is 1. The predicted molar refractivity (Wildman–Crippen MR) is 92.0 cm³/mol. The van der Waals surface area contributed by atoms with E-state index in [1.807, 2.05) is 6.07 Å². The summed E-state index contributed by atoms with van der Waals surface area (Å²) >= 11 is 0. The number of Topliss-reactive ketones (excluding diaryl/α,β-unsaturated/α-hetero) is 1. The first-order valence-corrected chi connectivity index (χ1v) is 10.3. The molecule has 8 nitrogen and oxygen atoms in total. The van der Waals surface area contributed by atoms with E-state index >= 15 is 0 Å². The predicted octanol–water partition coefficient (Wildman–Crippen LogP) is 0.595. The second-order valence-corrected chi connectivity index (χ2v) is 8.51. The average molecular weight is 395 g/mol. The van der Waals surface area contributed by atoms with Crippen LogP contribution in [-0.2, 0) is 27.0 Å². The fourth-order valence-corrected chi connectivity index (χ4v) is 5.67. The fourth-order valence-electron chi connectivity index (χ4n) is 5.67. The first-order valence-electron chi connectivity index (χ1n) is 8.93. The van der Waals surface area contributed by atoms with Crippen molar-refractivity contribution >= 4 is 16.2 Å². The Morgan fingerprint density at radius 3 is 2.70 bits per heavy atom. The van der Waals surface area contributed by atoms with Crippen LogP contribution in [0.2, 0.25) is 0 Å². The zero-order valence-electron chi connectivity index (χ0n) is 15.1. The molecule has 5 rings (SSSR count). The third-order valence-corrected chi connectivity index (χ3v) is 6.59. The summed E-state index contributed by atoms with van der Waals surface area (Å²) in [7, 11) is -1.25. The number of carbonyl (C=O) groups is 1. The van der Waals surface area contributed by atoms with Crippen LogP contribution in [0.5, 0.6) is 11.5 Å². The first kappa shape index (κ1) is 18.7. The Kier molecular flexibility index (Phi) is 4.26. The number of rotatable bonds is 1. The Bertz CT molecular complexity index is 891. The number of likely N-dealkylation sites (N-methyl/N-ethyl adjacent to an activating group) is 1. The molecule has 9 heteroatoms. The van der Waals surface area contributed by atoms with Crippen LogP contribution in [0.1, 0.15) is 30.4 Å². The lowest BCUT2D eigenvalue weighted by molar-refractivity contribution is -0.138. The first-order chi connectivity index (χ1) is 12.7. The molecule has 1 aromatic rings. The summed E-state index contributed by atoms with van der Waals surface area (Å²) < 4.78 is 45.9. The van der Waals surface area contributed by atoms with Gasteiger partial charge in [0, 0.05) is 33.8 Å². The van der Waals surface area contributed by atoms with Crippen molar-refractivity contribution in [3.63, 3.8) is 0 Å². The number of ether oxygens (including phenoxy) is 2. The normalized spacial score (nSPS) is 33.5. The number of methoxy groups -OCH3 is 1. The third kappa shape index (κ3) is 2.75. The minimum absolute atomic E-state index is 0.0933. The van der Waals surface area contributed by atoms with Crippen molar-refractivity contribution in [1.29, 1.82) is 0 Å². The molecule has 2 aliphatic heterocycles. The van der Waals surface area contributed by atoms with E-state index in [-0.39, 0.29) is 17.3 Å². The lowest BCUT2D eigenvalue weighted by Gasteiger charge is -2.57. The van der Waals surface area contributed by atoms with Crippen molar-refractivity contribution in [1.82, 2.24) is 4.90 Å². The molecule has 27 heavy (non-hydrogen) atoms. The number of ketones is 1. The van der Waals surface area contributed by atoms with E-state index in [0.29, 0.717) is 18.4 Å². The molecule has 0 aromatic heterocycles. The molecule has 1 aromatic carbocycles. The molecule has 0 radical (unpaired) electrons. The van der Waals surface area contributed by atoms with Gasteiger partial charge in [0.05, 0.1) is 7.11 Å². The van der Waals surface area contributed by atoms with E-state index in [0.717, 1.165) is 37.3 Å². The van der Waals surface area contributed by atoms with Crippen LogP contribution in [0.25, 0.3) is 0 Å². The second kappa shape index (κ2) is 6.16. The van der Waals surface area contributed by atoms with Gasteiger partial charge in [0.2, 0.25) is 0 Å². The molecular formula is C18H21NO7S-2. The van der Waals surface area contributed by atoms with Crippen LogP contribution in [0.15, 0.2) is 12.1 Å². The highest BCUT2D eigenvalue weighted by atomic mass is 32.3. The molecule has 1 spiro atoms. The summed E-state index contributed by atoms with van der Waals surface area (Å²) in [6.07, 6.45) is 3.47. The maximum absolute atomic E-state index is 12.6. The molecule has 2 fully saturated rings. The number of carbonyl (C=O) groups excluding carboxylic acids is 1. The summed E-state index contributed by atoms with van der Waals surface area (Å²) in [6, 6.07) is 4.73. The third-order valence-electron chi connectivity index (χ3n) is 6.59. The SMILES string of the molecule is COc1ccc2c3c1O[C@H]1C(=O)CC[C@H]4[C@@H](C2)N(C)CC[C@]314.O=S(=O)([O-])[O-]. The van der Waals surface area contributed by atoms with Gasteiger partial charge in [-0.3, -0.25) is 13.2 Å². The van der Waals surface area contributed by atoms with Crippen LogP contribution in [0.4, 0.5) is 0 Å². The van der Waals surface area contributed by atoms with Gasteiger partial charge in [-0.15, -0.1) is 0 Å². The lowest BCUT2D eigenvalue weighted by Crippen LogP contribution is -2.65. The molecule has 2 bridgehead atoms. The summed E-state index contributed by atoms with van der Waals surface area (Å²) in [6.45, 7) is 1.05. The standard InChI is InChI=1S/C18H21NO3.H2O4S/c1-19-8-7-18-11-4-5-13(20)17(18)22-16-14(21-2)6-3-10(15(16)18)9-12(11)19;1-5(2,3)4/h3,6,11-12,17H,4-5,7-9H2,1-2H3;(H2,1,2,3,4)/p-2/t11-,12+,17-,18-;/m0./s1. The van der Waals surface area contributed by atoms with Crippen molar-refractivity contribution in [2.45, 2.75) is 43.2 Å². The Labute approximate surface area is 158 Å². The Balaban J connectivity index is 0.000000323. The molecule has 4 aliphatic rings. The Morgan fingerprint density at radius 2 is 2.04 bits per heavy atom. The van der Waals surface area contributed by atoms with Gasteiger partial charge in [-0.05, 0) is 50.4 Å². The molecular weight excluding hydrogens is 374 g/mol. The van der Waals surface area contributed by atoms with Crippen molar-refractivity contribution in [2.24, 2.45) is 5.92 Å². The molecule has 2 heterocycles. The summed E-state index contributed by atoms with van der Waals surface area (Å²) in [5, 5.41) is 0. The van der Waals surface area contributed by atoms with E-state index in [9.17, 15) is 4.79 Å². The number of likely N-dealkylation sites (tertiary alicyclic amines) is 1. The highest BCUT2D eigenvalue weighted by Gasteiger charge is 2.65. The second-order valence-electron chi connectivity index (χ2n) is 7.69. The van der Waals surface area contributed by atoms with Crippen molar-refractivity contribution in [2.75, 3.05) is 20.7 Å². The van der Waals surface area contributed by atoms with Crippen LogP contribution in [0, 0.1) is 5.92 Å². The number of benzene rings is 1. The van der Waals surface area contributed by atoms with E-state index in [4.69, 9.17) is 27.0 Å². The van der Waals surface area contributed by atoms with Crippen molar-refractivity contribution in [3.05, 3.63) is 23.3 Å². The highest BCUT2D eigenvalue weighted by Crippen LogP contribution is 2.63. The van der Waals surface area contributed by atoms with Gasteiger partial charge in [-0.25, -0.2) is 0 Å². The fraction of sp³-hybridized carbons (Fsp3) is 0.611. The molecule has 0 N–H and O–H groups in total. The quantitative estimate of drug-likeness (QED) is 0.501. The molecule has 2 aliphatic carbocycles. The van der Waals surface area contributed by atoms with Gasteiger partial charge in [0.15, 0.2) is 23.4 Å². The molecule has 1 saturated heterocycles. The molecule has 1 saturated carbocycles. The van der Waals surface area contributed by atoms with Crippen LogP contribution in [-0.4, -0.2) is 61.1 Å². The Hall–Kier alpha value is -1.68. The number of hydrogen-bond acceptors (Lipinski definition) is 8. The highest BCUT2D eigenvalue weighted by molar-refractivity contribution is 7.79. The zero-order chi connectivity index (χ0) is 19.6. The largest absolute Gasteiger partial charge is 0.759 e. The molecule has 148 valence electrons. The van der Waals surface area contributed by atoms with Crippen molar-refractivity contribution in [3.8, 4) is 11.5 Å². The number of nitrogens with zero attached hydrogens (tertiary/aromatic N) is 1. The van der Waals surface area contributed by atoms with E-state index in [2.05, 4.69) is 18.0 Å². The maximum atomic E-state index is 12.6. The summed E-state index contributed by atoms with van der Waals surface area (Å²) in [5.74, 6) is 2.46. The number of hydrogen-bond donors (Lipinski definition) is 0. The molecule has 0 amide bonds. The summed E-state index contributed by atoms with van der Waals surface area (Å²) in [4.78, 5) is 15.1. The van der Waals surface area contributed by atoms with Crippen LogP contribution in [0.3, 0.4) is 0 Å². The van der Waals surface area contributed by atoms with E-state index in [1.54, 1.807) is 7.11 Å². The molecule has 0 unspecified atom stereocenters. The van der Waals surface area contributed by atoms with Crippen molar-refractivity contribution < 1.29 is 31.8 Å². The smallest absolute Gasteiger partial charge is 0.174 e. The van der Waals surface area contributed by atoms with Crippen LogP contribution >= 0.6 is 0 Å². The lowest BCUT2D eigenvalue weighted by atomic mass is 9.52. The minimum Gasteiger partial charge on any atom is -0.759 e. The van der Waals surface area contributed by atoms with Gasteiger partial charge in [0.25, 0.3) is 0 Å². The van der Waals surface area contributed by atoms with Gasteiger partial charge < -0.3 is 23.5 Å². The zero-order valence-corrected chi connectivity index (χ0v) is 16.0. The average Bonchev–Trinajstić information content (AvgIpc) is 2.93. The summed E-state index contributed by atoms with van der Waals surface area (Å²) in [5.41, 5.74) is 2.57.